The van der Waals surface area contributed by atoms with E-state index in [-0.39, 0.29) is 12.3 Å². The molecule has 0 fully saturated rings. The fraction of sp³-hybridized carbons (Fsp3) is 0.529. The molecule has 0 spiro atoms. The molecule has 0 unspecified atom stereocenters. The molecule has 116 valence electrons. The molecule has 1 amide bonds. The second kappa shape index (κ2) is 9.97. The number of nitrogens with zero attached hydrogens (tertiary/aromatic N) is 1. The molecule has 0 saturated carbocycles. The Morgan fingerprint density at radius 3 is 2.38 bits per heavy atom. The van der Waals surface area contributed by atoms with Gasteiger partial charge in [0, 0.05) is 19.5 Å². The monoisotopic (exact) mass is 291 g/mol. The van der Waals surface area contributed by atoms with Gasteiger partial charge in [-0.05, 0) is 18.4 Å². The van der Waals surface area contributed by atoms with E-state index in [2.05, 4.69) is 6.92 Å². The lowest BCUT2D eigenvalue weighted by Gasteiger charge is -2.22. The van der Waals surface area contributed by atoms with Gasteiger partial charge in [-0.2, -0.15) is 0 Å². The fourth-order valence-corrected chi connectivity index (χ4v) is 2.20. The molecular formula is C17H25NO3. The minimum absolute atomic E-state index is 0.0171. The Kier molecular flexibility index (Phi) is 8.17. The van der Waals surface area contributed by atoms with Gasteiger partial charge < -0.3 is 10.0 Å². The lowest BCUT2D eigenvalue weighted by atomic mass is 10.1. The van der Waals surface area contributed by atoms with E-state index in [0.29, 0.717) is 25.9 Å². The van der Waals surface area contributed by atoms with E-state index < -0.39 is 5.97 Å². The second-order valence-electron chi connectivity index (χ2n) is 5.22. The first kappa shape index (κ1) is 17.2. The number of carbonyl (C=O) groups excluding carboxylic acids is 1. The van der Waals surface area contributed by atoms with Gasteiger partial charge in [0.15, 0.2) is 0 Å². The Morgan fingerprint density at radius 1 is 1.05 bits per heavy atom. The van der Waals surface area contributed by atoms with Crippen molar-refractivity contribution in [3.8, 4) is 0 Å². The predicted molar refractivity (Wildman–Crippen MR) is 83.1 cm³/mol. The summed E-state index contributed by atoms with van der Waals surface area (Å²) in [7, 11) is 0. The van der Waals surface area contributed by atoms with Crippen molar-refractivity contribution in [2.45, 2.75) is 45.4 Å². The average molecular weight is 291 g/mol. The highest BCUT2D eigenvalue weighted by atomic mass is 16.4. The van der Waals surface area contributed by atoms with Crippen LogP contribution in [0.25, 0.3) is 0 Å². The maximum absolute atomic E-state index is 12.3. The van der Waals surface area contributed by atoms with Crippen molar-refractivity contribution in [1.82, 2.24) is 4.90 Å². The SMILES string of the molecule is CCCCCN(CCC(=O)O)C(=O)CCc1ccccc1. The van der Waals surface area contributed by atoms with Crippen LogP contribution in [0.2, 0.25) is 0 Å². The van der Waals surface area contributed by atoms with Gasteiger partial charge in [0.1, 0.15) is 0 Å². The van der Waals surface area contributed by atoms with E-state index in [1.165, 1.54) is 0 Å². The number of carbonyl (C=O) groups is 2. The highest BCUT2D eigenvalue weighted by Gasteiger charge is 2.14. The molecule has 1 aromatic rings. The number of carboxylic acids is 1. The molecule has 1 N–H and O–H groups in total. The Labute approximate surface area is 126 Å². The molecule has 0 atom stereocenters. The number of benzene rings is 1. The summed E-state index contributed by atoms with van der Waals surface area (Å²) in [5.74, 6) is -0.803. The van der Waals surface area contributed by atoms with E-state index >= 15 is 0 Å². The zero-order chi connectivity index (χ0) is 15.5. The number of hydrogen-bond acceptors (Lipinski definition) is 2. The molecule has 0 bridgehead atoms. The van der Waals surface area contributed by atoms with E-state index in [9.17, 15) is 9.59 Å². The molecule has 1 aromatic carbocycles. The standard InChI is InChI=1S/C17H25NO3/c1-2-3-7-13-18(14-12-17(20)21)16(19)11-10-15-8-5-4-6-9-15/h4-6,8-9H,2-3,7,10-14H2,1H3,(H,20,21). The Balaban J connectivity index is 2.46. The predicted octanol–water partition coefficient (Wildman–Crippen LogP) is 3.11. The van der Waals surface area contributed by atoms with Gasteiger partial charge >= 0.3 is 5.97 Å². The molecule has 0 heterocycles. The number of aliphatic carboxylic acids is 1. The third-order valence-electron chi connectivity index (χ3n) is 3.45. The van der Waals surface area contributed by atoms with Crippen molar-refractivity contribution < 1.29 is 14.7 Å². The normalized spacial score (nSPS) is 10.3. The first-order valence-corrected chi connectivity index (χ1v) is 7.67. The third-order valence-corrected chi connectivity index (χ3v) is 3.45. The largest absolute Gasteiger partial charge is 0.481 e. The van der Waals surface area contributed by atoms with Crippen molar-refractivity contribution in [2.24, 2.45) is 0 Å². The van der Waals surface area contributed by atoms with Crippen LogP contribution < -0.4 is 0 Å². The molecule has 0 aliphatic rings. The minimum atomic E-state index is -0.855. The van der Waals surface area contributed by atoms with Crippen LogP contribution in [-0.2, 0) is 16.0 Å². The number of carboxylic acid groups (broad SMARTS) is 1. The summed E-state index contributed by atoms with van der Waals surface area (Å²) in [6.45, 7) is 3.08. The van der Waals surface area contributed by atoms with Crippen LogP contribution >= 0.6 is 0 Å². The van der Waals surface area contributed by atoms with Crippen LogP contribution in [-0.4, -0.2) is 35.0 Å². The molecule has 0 radical (unpaired) electrons. The van der Waals surface area contributed by atoms with Crippen LogP contribution in [0.3, 0.4) is 0 Å². The van der Waals surface area contributed by atoms with Gasteiger partial charge in [-0.15, -0.1) is 0 Å². The van der Waals surface area contributed by atoms with E-state index in [4.69, 9.17) is 5.11 Å². The Bertz CT molecular complexity index is 431. The van der Waals surface area contributed by atoms with Crippen molar-refractivity contribution >= 4 is 11.9 Å². The van der Waals surface area contributed by atoms with Gasteiger partial charge in [0.2, 0.25) is 5.91 Å². The summed E-state index contributed by atoms with van der Waals surface area (Å²) in [4.78, 5) is 24.7. The summed E-state index contributed by atoms with van der Waals surface area (Å²) in [5.41, 5.74) is 1.14. The summed E-state index contributed by atoms with van der Waals surface area (Å²) in [5, 5.41) is 8.79. The maximum atomic E-state index is 12.3. The number of rotatable bonds is 10. The van der Waals surface area contributed by atoms with Crippen molar-refractivity contribution in [3.63, 3.8) is 0 Å². The van der Waals surface area contributed by atoms with Crippen LogP contribution in [0.4, 0.5) is 0 Å². The third kappa shape index (κ3) is 7.49. The van der Waals surface area contributed by atoms with Crippen LogP contribution in [0.15, 0.2) is 30.3 Å². The first-order valence-electron chi connectivity index (χ1n) is 7.67. The van der Waals surface area contributed by atoms with Crippen molar-refractivity contribution in [2.75, 3.05) is 13.1 Å². The van der Waals surface area contributed by atoms with E-state index in [1.54, 1.807) is 4.90 Å². The smallest absolute Gasteiger partial charge is 0.305 e. The van der Waals surface area contributed by atoms with Gasteiger partial charge in [-0.3, -0.25) is 9.59 Å². The lowest BCUT2D eigenvalue weighted by Crippen LogP contribution is -2.34. The summed E-state index contributed by atoms with van der Waals surface area (Å²) in [6.07, 6.45) is 4.25. The summed E-state index contributed by atoms with van der Waals surface area (Å²) >= 11 is 0. The topological polar surface area (TPSA) is 57.6 Å². The second-order valence-corrected chi connectivity index (χ2v) is 5.22. The highest BCUT2D eigenvalue weighted by Crippen LogP contribution is 2.07. The van der Waals surface area contributed by atoms with Gasteiger partial charge in [0.25, 0.3) is 0 Å². The number of unbranched alkanes of at least 4 members (excludes halogenated alkanes) is 2. The summed E-state index contributed by atoms with van der Waals surface area (Å²) in [6, 6.07) is 9.89. The zero-order valence-electron chi connectivity index (χ0n) is 12.8. The molecule has 0 aliphatic carbocycles. The first-order chi connectivity index (χ1) is 10.1. The average Bonchev–Trinajstić information content (AvgIpc) is 2.49. The van der Waals surface area contributed by atoms with Crippen molar-refractivity contribution in [3.05, 3.63) is 35.9 Å². The van der Waals surface area contributed by atoms with Crippen LogP contribution in [0, 0.1) is 0 Å². The Hall–Kier alpha value is -1.84. The quantitative estimate of drug-likeness (QED) is 0.674. The van der Waals surface area contributed by atoms with Crippen LogP contribution in [0.1, 0.15) is 44.6 Å². The highest BCUT2D eigenvalue weighted by molar-refractivity contribution is 5.77. The molecule has 21 heavy (non-hydrogen) atoms. The molecular weight excluding hydrogens is 266 g/mol. The van der Waals surface area contributed by atoms with Gasteiger partial charge in [-0.25, -0.2) is 0 Å². The molecule has 0 saturated heterocycles. The van der Waals surface area contributed by atoms with E-state index in [0.717, 1.165) is 24.8 Å². The minimum Gasteiger partial charge on any atom is -0.481 e. The number of amides is 1. The molecule has 1 rings (SSSR count). The number of hydrogen-bond donors (Lipinski definition) is 1. The van der Waals surface area contributed by atoms with E-state index in [1.807, 2.05) is 30.3 Å². The molecule has 4 nitrogen and oxygen atoms in total. The molecule has 4 heteroatoms. The Morgan fingerprint density at radius 2 is 1.76 bits per heavy atom. The zero-order valence-corrected chi connectivity index (χ0v) is 12.8. The van der Waals surface area contributed by atoms with Gasteiger partial charge in [0.05, 0.1) is 6.42 Å². The van der Waals surface area contributed by atoms with Gasteiger partial charge in [-0.1, -0.05) is 50.1 Å². The molecule has 0 aromatic heterocycles. The fourth-order valence-electron chi connectivity index (χ4n) is 2.20. The number of aryl methyl sites for hydroxylation is 1. The lowest BCUT2D eigenvalue weighted by molar-refractivity contribution is -0.138. The maximum Gasteiger partial charge on any atom is 0.305 e. The summed E-state index contributed by atoms with van der Waals surface area (Å²) < 4.78 is 0. The molecule has 0 aliphatic heterocycles. The van der Waals surface area contributed by atoms with Crippen LogP contribution in [0.5, 0.6) is 0 Å². The van der Waals surface area contributed by atoms with Crippen molar-refractivity contribution in [1.29, 1.82) is 0 Å².